The summed E-state index contributed by atoms with van der Waals surface area (Å²) in [6, 6.07) is 20.5. The molecule has 0 bridgehead atoms. The molecule has 0 atom stereocenters. The van der Waals surface area contributed by atoms with Crippen molar-refractivity contribution >= 4 is 33.3 Å². The lowest BCUT2D eigenvalue weighted by Gasteiger charge is -2.27. The van der Waals surface area contributed by atoms with Crippen molar-refractivity contribution in [2.24, 2.45) is 0 Å². The summed E-state index contributed by atoms with van der Waals surface area (Å²) in [7, 11) is -3.75. The number of para-hydroxylation sites is 1. The van der Waals surface area contributed by atoms with Gasteiger partial charge in [-0.3, -0.25) is 4.31 Å². The van der Waals surface area contributed by atoms with Gasteiger partial charge in [0.2, 0.25) is 0 Å². The van der Waals surface area contributed by atoms with Crippen LogP contribution in [0.1, 0.15) is 41.3 Å². The molecule has 0 radical (unpaired) electrons. The zero-order chi connectivity index (χ0) is 23.1. The Balaban J connectivity index is 1.91. The van der Waals surface area contributed by atoms with Gasteiger partial charge in [0.25, 0.3) is 10.0 Å². The molecular formula is C25H26ClNO4S. The van der Waals surface area contributed by atoms with Gasteiger partial charge < -0.3 is 5.11 Å². The second-order valence-corrected chi connectivity index (χ2v) is 9.81. The molecule has 0 saturated heterocycles. The van der Waals surface area contributed by atoms with Crippen LogP contribution < -0.4 is 4.31 Å². The predicted molar refractivity (Wildman–Crippen MR) is 128 cm³/mol. The monoisotopic (exact) mass is 471 g/mol. The summed E-state index contributed by atoms with van der Waals surface area (Å²) in [6.45, 7) is 2.41. The number of hydrogen-bond acceptors (Lipinski definition) is 3. The van der Waals surface area contributed by atoms with Crippen molar-refractivity contribution in [1.29, 1.82) is 0 Å². The number of rotatable bonds is 10. The minimum Gasteiger partial charge on any atom is -0.478 e. The Morgan fingerprint density at radius 1 is 0.938 bits per heavy atom. The van der Waals surface area contributed by atoms with Gasteiger partial charge in [-0.15, -0.1) is 0 Å². The van der Waals surface area contributed by atoms with Crippen LogP contribution in [0.5, 0.6) is 0 Å². The van der Waals surface area contributed by atoms with E-state index in [1.165, 1.54) is 16.4 Å². The number of halogens is 1. The van der Waals surface area contributed by atoms with E-state index in [0.717, 1.165) is 24.0 Å². The standard InChI is InChI=1S/C25H26ClNO4S/c1-2-3-18-27(32(30,31)23-16-14-22(26)15-17-23)24-7-5-4-6-20(24)11-8-19-9-12-21(13-10-19)25(28)29/h4-7,9-10,12-17H,2-3,8,11,18H2,1H3,(H,28,29). The third-order valence-electron chi connectivity index (χ3n) is 5.26. The van der Waals surface area contributed by atoms with Gasteiger partial charge in [-0.1, -0.05) is 55.3 Å². The van der Waals surface area contributed by atoms with Crippen molar-refractivity contribution < 1.29 is 18.3 Å². The Labute approximate surface area is 194 Å². The molecule has 3 rings (SSSR count). The molecule has 0 amide bonds. The quantitative estimate of drug-likeness (QED) is 0.404. The highest BCUT2D eigenvalue weighted by atomic mass is 35.5. The van der Waals surface area contributed by atoms with Crippen LogP contribution >= 0.6 is 11.6 Å². The number of benzene rings is 3. The molecule has 32 heavy (non-hydrogen) atoms. The first-order valence-corrected chi connectivity index (χ1v) is 12.3. The molecule has 0 aromatic heterocycles. The van der Waals surface area contributed by atoms with Crippen LogP contribution in [0.2, 0.25) is 5.02 Å². The van der Waals surface area contributed by atoms with Gasteiger partial charge in [-0.25, -0.2) is 13.2 Å². The van der Waals surface area contributed by atoms with E-state index in [0.29, 0.717) is 30.1 Å². The van der Waals surface area contributed by atoms with Crippen molar-refractivity contribution in [2.75, 3.05) is 10.8 Å². The maximum Gasteiger partial charge on any atom is 0.335 e. The van der Waals surface area contributed by atoms with Gasteiger partial charge in [0.15, 0.2) is 0 Å². The summed E-state index contributed by atoms with van der Waals surface area (Å²) >= 11 is 5.95. The number of carbonyl (C=O) groups is 1. The number of sulfonamides is 1. The number of nitrogens with zero attached hydrogens (tertiary/aromatic N) is 1. The molecule has 0 fully saturated rings. The third-order valence-corrected chi connectivity index (χ3v) is 7.34. The first kappa shape index (κ1) is 23.8. The average molecular weight is 472 g/mol. The van der Waals surface area contributed by atoms with Crippen LogP contribution in [-0.4, -0.2) is 26.0 Å². The van der Waals surface area contributed by atoms with Crippen LogP contribution in [0.15, 0.2) is 77.7 Å². The Morgan fingerprint density at radius 2 is 1.59 bits per heavy atom. The van der Waals surface area contributed by atoms with Crippen LogP contribution in [-0.2, 0) is 22.9 Å². The van der Waals surface area contributed by atoms with Crippen molar-refractivity contribution in [1.82, 2.24) is 0 Å². The molecule has 1 N–H and O–H groups in total. The fraction of sp³-hybridized carbons (Fsp3) is 0.240. The lowest BCUT2D eigenvalue weighted by Crippen LogP contribution is -2.32. The molecule has 0 aliphatic heterocycles. The predicted octanol–water partition coefficient (Wildman–Crippen LogP) is 5.82. The van der Waals surface area contributed by atoms with E-state index in [1.807, 2.05) is 31.2 Å². The van der Waals surface area contributed by atoms with E-state index in [1.54, 1.807) is 36.4 Å². The SMILES string of the molecule is CCCCN(c1ccccc1CCc1ccc(C(=O)O)cc1)S(=O)(=O)c1ccc(Cl)cc1. The highest BCUT2D eigenvalue weighted by molar-refractivity contribution is 7.92. The summed E-state index contributed by atoms with van der Waals surface area (Å²) in [6.07, 6.45) is 2.89. The Kier molecular flexibility index (Phi) is 7.94. The van der Waals surface area contributed by atoms with E-state index in [9.17, 15) is 13.2 Å². The number of unbranched alkanes of at least 4 members (excludes halogenated alkanes) is 1. The number of hydrogen-bond donors (Lipinski definition) is 1. The van der Waals surface area contributed by atoms with Gasteiger partial charge in [-0.2, -0.15) is 0 Å². The molecule has 7 heteroatoms. The minimum absolute atomic E-state index is 0.206. The molecule has 0 aliphatic rings. The Hall–Kier alpha value is -2.83. The molecule has 5 nitrogen and oxygen atoms in total. The molecule has 0 spiro atoms. The second kappa shape index (κ2) is 10.7. The molecule has 168 valence electrons. The van der Waals surface area contributed by atoms with Gasteiger partial charge in [0.1, 0.15) is 0 Å². The molecule has 0 unspecified atom stereocenters. The summed E-state index contributed by atoms with van der Waals surface area (Å²) in [5.41, 5.74) is 2.82. The molecule has 3 aromatic carbocycles. The maximum absolute atomic E-state index is 13.5. The largest absolute Gasteiger partial charge is 0.478 e. The highest BCUT2D eigenvalue weighted by Crippen LogP contribution is 2.29. The van der Waals surface area contributed by atoms with E-state index in [4.69, 9.17) is 16.7 Å². The van der Waals surface area contributed by atoms with Crippen molar-refractivity contribution in [3.05, 3.63) is 94.5 Å². The highest BCUT2D eigenvalue weighted by Gasteiger charge is 2.26. The van der Waals surface area contributed by atoms with E-state index in [2.05, 4.69) is 0 Å². The second-order valence-electron chi connectivity index (χ2n) is 7.52. The van der Waals surface area contributed by atoms with Gasteiger partial charge >= 0.3 is 5.97 Å². The lowest BCUT2D eigenvalue weighted by molar-refractivity contribution is 0.0697. The number of anilines is 1. The van der Waals surface area contributed by atoms with Gasteiger partial charge in [0.05, 0.1) is 16.1 Å². The van der Waals surface area contributed by atoms with E-state index >= 15 is 0 Å². The summed E-state index contributed by atoms with van der Waals surface area (Å²) in [4.78, 5) is 11.3. The van der Waals surface area contributed by atoms with Crippen molar-refractivity contribution in [3.63, 3.8) is 0 Å². The number of aromatic carboxylic acids is 1. The minimum atomic E-state index is -3.75. The topological polar surface area (TPSA) is 74.7 Å². The normalized spacial score (nSPS) is 11.3. The zero-order valence-corrected chi connectivity index (χ0v) is 19.4. The number of carboxylic acid groups (broad SMARTS) is 1. The van der Waals surface area contributed by atoms with E-state index in [-0.39, 0.29) is 10.5 Å². The van der Waals surface area contributed by atoms with Gasteiger partial charge in [0, 0.05) is 11.6 Å². The molecular weight excluding hydrogens is 446 g/mol. The van der Waals surface area contributed by atoms with Crippen LogP contribution in [0.3, 0.4) is 0 Å². The summed E-state index contributed by atoms with van der Waals surface area (Å²) in [5.74, 6) is -0.958. The van der Waals surface area contributed by atoms with Crippen LogP contribution in [0.25, 0.3) is 0 Å². The summed E-state index contributed by atoms with van der Waals surface area (Å²) in [5, 5.41) is 9.55. The number of aryl methyl sites for hydroxylation is 2. The smallest absolute Gasteiger partial charge is 0.335 e. The third kappa shape index (κ3) is 5.69. The molecule has 0 aliphatic carbocycles. The fourth-order valence-corrected chi connectivity index (χ4v) is 5.13. The Bertz CT molecular complexity index is 1160. The van der Waals surface area contributed by atoms with Crippen molar-refractivity contribution in [2.45, 2.75) is 37.5 Å². The molecule has 0 heterocycles. The van der Waals surface area contributed by atoms with Crippen molar-refractivity contribution in [3.8, 4) is 0 Å². The van der Waals surface area contributed by atoms with Gasteiger partial charge in [-0.05, 0) is 72.9 Å². The van der Waals surface area contributed by atoms with E-state index < -0.39 is 16.0 Å². The first-order valence-electron chi connectivity index (χ1n) is 10.5. The zero-order valence-electron chi connectivity index (χ0n) is 17.9. The first-order chi connectivity index (χ1) is 15.3. The molecule has 0 saturated carbocycles. The van der Waals surface area contributed by atoms with Crippen LogP contribution in [0.4, 0.5) is 5.69 Å². The van der Waals surface area contributed by atoms with Crippen LogP contribution in [0, 0.1) is 0 Å². The average Bonchev–Trinajstić information content (AvgIpc) is 2.79. The fourth-order valence-electron chi connectivity index (χ4n) is 3.46. The Morgan fingerprint density at radius 3 is 2.22 bits per heavy atom. The maximum atomic E-state index is 13.5. The number of carboxylic acids is 1. The summed E-state index contributed by atoms with van der Waals surface area (Å²) < 4.78 is 28.5. The molecule has 3 aromatic rings. The lowest BCUT2D eigenvalue weighted by atomic mass is 10.0.